The van der Waals surface area contributed by atoms with Crippen LogP contribution in [0.5, 0.6) is 5.75 Å². The summed E-state index contributed by atoms with van der Waals surface area (Å²) in [6, 6.07) is 12.5. The molecule has 1 aliphatic heterocycles. The number of aliphatic imine (C=N–C) groups is 1. The molecule has 0 atom stereocenters. The molecule has 6 nitrogen and oxygen atoms in total. The Morgan fingerprint density at radius 1 is 1.26 bits per heavy atom. The van der Waals surface area contributed by atoms with Crippen molar-refractivity contribution in [2.45, 2.75) is 26.9 Å². The molecule has 0 bridgehead atoms. The Bertz CT molecular complexity index is 1070. The molecule has 1 fully saturated rings. The number of likely N-dealkylation sites (N-methyl/N-ethyl adjacent to an activating group) is 1. The van der Waals surface area contributed by atoms with Gasteiger partial charge in [-0.25, -0.2) is 9.79 Å². The van der Waals surface area contributed by atoms with Crippen LogP contribution in [0.25, 0.3) is 6.08 Å². The van der Waals surface area contributed by atoms with E-state index in [2.05, 4.69) is 20.9 Å². The van der Waals surface area contributed by atoms with E-state index < -0.39 is 5.97 Å². The fourth-order valence-corrected chi connectivity index (χ4v) is 4.26. The molecule has 0 N–H and O–H groups in total. The number of benzene rings is 2. The van der Waals surface area contributed by atoms with Crippen LogP contribution in [0.1, 0.15) is 36.7 Å². The number of carbonyl (C=O) groups excluding carboxylic acids is 2. The molecule has 162 valence electrons. The third-order valence-corrected chi connectivity index (χ3v) is 5.88. The molecule has 2 aromatic rings. The zero-order valence-electron chi connectivity index (χ0n) is 17.7. The average molecular weight is 503 g/mol. The number of hydrogen-bond donors (Lipinski definition) is 0. The van der Waals surface area contributed by atoms with Crippen LogP contribution < -0.4 is 4.74 Å². The van der Waals surface area contributed by atoms with E-state index in [0.29, 0.717) is 27.9 Å². The van der Waals surface area contributed by atoms with E-state index in [0.717, 1.165) is 15.8 Å². The van der Waals surface area contributed by atoms with Gasteiger partial charge in [0.05, 0.1) is 33.3 Å². The van der Waals surface area contributed by atoms with Gasteiger partial charge in [0.15, 0.2) is 5.17 Å². The van der Waals surface area contributed by atoms with Crippen molar-refractivity contribution in [2.24, 2.45) is 4.99 Å². The van der Waals surface area contributed by atoms with Crippen molar-refractivity contribution in [3.8, 4) is 5.75 Å². The standard InChI is InChI=1S/C23H23BrN2O4S/c1-5-29-22(28)16-7-6-8-17(13-16)25-23-26(4)21(27)20(31-23)12-15-9-10-19(18(24)11-15)30-14(2)3/h6-14H,5H2,1-4H3. The van der Waals surface area contributed by atoms with Crippen LogP contribution in [0, 0.1) is 0 Å². The Balaban J connectivity index is 1.83. The maximum atomic E-state index is 12.7. The lowest BCUT2D eigenvalue weighted by Crippen LogP contribution is -2.23. The number of halogens is 1. The summed E-state index contributed by atoms with van der Waals surface area (Å²) >= 11 is 4.81. The third kappa shape index (κ3) is 5.77. The summed E-state index contributed by atoms with van der Waals surface area (Å²) in [7, 11) is 1.68. The SMILES string of the molecule is CCOC(=O)c1cccc(N=C2SC(=Cc3ccc(OC(C)C)c(Br)c3)C(=O)N2C)c1. The predicted molar refractivity (Wildman–Crippen MR) is 128 cm³/mol. The fraction of sp³-hybridized carbons (Fsp3) is 0.261. The van der Waals surface area contributed by atoms with Gasteiger partial charge in [0, 0.05) is 7.05 Å². The first-order chi connectivity index (χ1) is 14.8. The van der Waals surface area contributed by atoms with E-state index in [9.17, 15) is 9.59 Å². The molecule has 1 saturated heterocycles. The lowest BCUT2D eigenvalue weighted by Gasteiger charge is -2.11. The third-order valence-electron chi connectivity index (χ3n) is 4.20. The van der Waals surface area contributed by atoms with E-state index in [1.807, 2.05) is 38.1 Å². The Labute approximate surface area is 194 Å². The average Bonchev–Trinajstić information content (AvgIpc) is 2.98. The van der Waals surface area contributed by atoms with Gasteiger partial charge >= 0.3 is 5.97 Å². The van der Waals surface area contributed by atoms with Crippen LogP contribution in [0.2, 0.25) is 0 Å². The molecular formula is C23H23BrN2O4S. The maximum absolute atomic E-state index is 12.7. The van der Waals surface area contributed by atoms with Crippen molar-refractivity contribution in [1.29, 1.82) is 0 Å². The number of amidine groups is 1. The van der Waals surface area contributed by atoms with Gasteiger partial charge in [0.1, 0.15) is 5.75 Å². The highest BCUT2D eigenvalue weighted by molar-refractivity contribution is 9.10. The molecule has 8 heteroatoms. The summed E-state index contributed by atoms with van der Waals surface area (Å²) < 4.78 is 11.6. The molecule has 1 heterocycles. The maximum Gasteiger partial charge on any atom is 0.338 e. The molecular weight excluding hydrogens is 480 g/mol. The van der Waals surface area contributed by atoms with Crippen molar-refractivity contribution in [3.63, 3.8) is 0 Å². The topological polar surface area (TPSA) is 68.2 Å². The molecule has 2 aromatic carbocycles. The molecule has 3 rings (SSSR count). The summed E-state index contributed by atoms with van der Waals surface area (Å²) in [5.74, 6) is 0.219. The molecule has 1 amide bonds. The quantitative estimate of drug-likeness (QED) is 0.377. The number of thioether (sulfide) groups is 1. The van der Waals surface area contributed by atoms with Crippen LogP contribution in [-0.2, 0) is 9.53 Å². The van der Waals surface area contributed by atoms with Crippen molar-refractivity contribution >= 4 is 56.5 Å². The van der Waals surface area contributed by atoms with Crippen LogP contribution in [0.4, 0.5) is 5.69 Å². The van der Waals surface area contributed by atoms with Gasteiger partial charge in [-0.1, -0.05) is 12.1 Å². The minimum atomic E-state index is -0.399. The molecule has 1 aliphatic rings. The monoisotopic (exact) mass is 502 g/mol. The number of carbonyl (C=O) groups is 2. The van der Waals surface area contributed by atoms with E-state index in [1.165, 1.54) is 16.7 Å². The summed E-state index contributed by atoms with van der Waals surface area (Å²) in [4.78, 5) is 31.3. The molecule has 0 aliphatic carbocycles. The number of ether oxygens (including phenoxy) is 2. The summed E-state index contributed by atoms with van der Waals surface area (Å²) in [6.45, 7) is 6.00. The van der Waals surface area contributed by atoms with E-state index >= 15 is 0 Å². The minimum absolute atomic E-state index is 0.0715. The summed E-state index contributed by atoms with van der Waals surface area (Å²) in [5.41, 5.74) is 1.87. The molecule has 0 spiro atoms. The Kier molecular flexibility index (Phi) is 7.56. The molecule has 0 radical (unpaired) electrons. The summed E-state index contributed by atoms with van der Waals surface area (Å²) in [6.07, 6.45) is 1.90. The molecule has 0 aromatic heterocycles. The number of hydrogen-bond acceptors (Lipinski definition) is 6. The van der Waals surface area contributed by atoms with Gasteiger partial charge in [-0.2, -0.15) is 0 Å². The normalized spacial score (nSPS) is 16.5. The van der Waals surface area contributed by atoms with Gasteiger partial charge in [-0.15, -0.1) is 0 Å². The highest BCUT2D eigenvalue weighted by atomic mass is 79.9. The fourth-order valence-electron chi connectivity index (χ4n) is 2.79. The van der Waals surface area contributed by atoms with Crippen molar-refractivity contribution < 1.29 is 19.1 Å². The second-order valence-electron chi connectivity index (χ2n) is 7.00. The second-order valence-corrected chi connectivity index (χ2v) is 8.86. The predicted octanol–water partition coefficient (Wildman–Crippen LogP) is 5.65. The Morgan fingerprint density at radius 3 is 2.71 bits per heavy atom. The van der Waals surface area contributed by atoms with Crippen molar-refractivity contribution in [2.75, 3.05) is 13.7 Å². The first-order valence-corrected chi connectivity index (χ1v) is 11.4. The second kappa shape index (κ2) is 10.2. The largest absolute Gasteiger partial charge is 0.490 e. The van der Waals surface area contributed by atoms with Gasteiger partial charge in [0.25, 0.3) is 5.91 Å². The van der Waals surface area contributed by atoms with E-state index in [-0.39, 0.29) is 12.0 Å². The Morgan fingerprint density at radius 2 is 2.03 bits per heavy atom. The first kappa shape index (κ1) is 23.1. The van der Waals surface area contributed by atoms with Gasteiger partial charge < -0.3 is 9.47 Å². The van der Waals surface area contributed by atoms with Crippen LogP contribution in [0.3, 0.4) is 0 Å². The lowest BCUT2D eigenvalue weighted by atomic mass is 10.2. The molecule has 0 saturated carbocycles. The van der Waals surface area contributed by atoms with Gasteiger partial charge in [-0.05, 0) is 90.4 Å². The zero-order chi connectivity index (χ0) is 22.5. The highest BCUT2D eigenvalue weighted by Crippen LogP contribution is 2.34. The van der Waals surface area contributed by atoms with Crippen LogP contribution in [-0.4, -0.2) is 41.7 Å². The van der Waals surface area contributed by atoms with Crippen LogP contribution in [0.15, 0.2) is 56.8 Å². The van der Waals surface area contributed by atoms with Crippen molar-refractivity contribution in [3.05, 3.63) is 63.0 Å². The number of amides is 1. The van der Waals surface area contributed by atoms with Gasteiger partial charge in [-0.3, -0.25) is 9.69 Å². The molecule has 0 unspecified atom stereocenters. The number of esters is 1. The smallest absolute Gasteiger partial charge is 0.338 e. The van der Waals surface area contributed by atoms with Crippen molar-refractivity contribution in [1.82, 2.24) is 4.90 Å². The lowest BCUT2D eigenvalue weighted by molar-refractivity contribution is -0.121. The number of nitrogens with zero attached hydrogens (tertiary/aromatic N) is 2. The van der Waals surface area contributed by atoms with E-state index in [1.54, 1.807) is 38.2 Å². The number of rotatable bonds is 6. The highest BCUT2D eigenvalue weighted by Gasteiger charge is 2.30. The first-order valence-electron chi connectivity index (χ1n) is 9.78. The minimum Gasteiger partial charge on any atom is -0.490 e. The Hall–Kier alpha value is -2.58. The zero-order valence-corrected chi connectivity index (χ0v) is 20.1. The van der Waals surface area contributed by atoms with E-state index in [4.69, 9.17) is 9.47 Å². The van der Waals surface area contributed by atoms with Gasteiger partial charge in [0.2, 0.25) is 0 Å². The molecule has 31 heavy (non-hydrogen) atoms. The van der Waals surface area contributed by atoms with Crippen LogP contribution >= 0.6 is 27.7 Å². The summed E-state index contributed by atoms with van der Waals surface area (Å²) in [5, 5.41) is 0.538.